The number of hydrogen-bond acceptors (Lipinski definition) is 5. The van der Waals surface area contributed by atoms with E-state index in [9.17, 15) is 14.4 Å². The molecule has 27 heavy (non-hydrogen) atoms. The molecular weight excluding hydrogens is 346 g/mol. The van der Waals surface area contributed by atoms with Crippen LogP contribution in [0.2, 0.25) is 0 Å². The minimum atomic E-state index is -0.906. The average Bonchev–Trinajstić information content (AvgIpc) is 2.69. The van der Waals surface area contributed by atoms with Crippen LogP contribution in [-0.2, 0) is 20.9 Å². The number of nitrogens with one attached hydrogen (secondary N) is 1. The third-order valence-corrected chi connectivity index (χ3v) is 3.85. The van der Waals surface area contributed by atoms with Crippen LogP contribution in [0.5, 0.6) is 0 Å². The van der Waals surface area contributed by atoms with Gasteiger partial charge in [0, 0.05) is 5.56 Å². The molecule has 2 aromatic carbocycles. The second-order valence-corrected chi connectivity index (χ2v) is 6.32. The quantitative estimate of drug-likeness (QED) is 0.570. The molecule has 1 amide bonds. The molecule has 0 spiro atoms. The molecule has 2 rings (SSSR count). The van der Waals surface area contributed by atoms with Crippen molar-refractivity contribution in [1.82, 2.24) is 5.32 Å². The average molecular weight is 369 g/mol. The molecule has 0 heterocycles. The lowest BCUT2D eigenvalue weighted by molar-refractivity contribution is -0.146. The summed E-state index contributed by atoms with van der Waals surface area (Å²) in [7, 11) is 0. The molecule has 0 saturated heterocycles. The van der Waals surface area contributed by atoms with Gasteiger partial charge >= 0.3 is 12.1 Å². The summed E-state index contributed by atoms with van der Waals surface area (Å²) in [5.74, 6) is -1.21. The molecule has 2 aromatic rings. The highest BCUT2D eigenvalue weighted by atomic mass is 16.6. The molecule has 0 aromatic heterocycles. The zero-order valence-electron chi connectivity index (χ0n) is 15.4. The Morgan fingerprint density at radius 2 is 1.48 bits per heavy atom. The van der Waals surface area contributed by atoms with Crippen LogP contribution < -0.4 is 5.32 Å². The van der Waals surface area contributed by atoms with Gasteiger partial charge in [-0.25, -0.2) is 9.59 Å². The molecule has 0 aliphatic rings. The summed E-state index contributed by atoms with van der Waals surface area (Å²) < 4.78 is 10.2. The summed E-state index contributed by atoms with van der Waals surface area (Å²) in [6.45, 7) is 3.25. The number of Topliss-reactive ketones (excluding diaryl/α,β-unsaturated/α-hetero) is 1. The molecule has 6 heteroatoms. The fourth-order valence-electron chi connectivity index (χ4n) is 2.32. The van der Waals surface area contributed by atoms with Crippen LogP contribution in [0.15, 0.2) is 60.7 Å². The van der Waals surface area contributed by atoms with Crippen molar-refractivity contribution < 1.29 is 23.9 Å². The molecule has 6 nitrogen and oxygen atoms in total. The van der Waals surface area contributed by atoms with Crippen molar-refractivity contribution in [3.63, 3.8) is 0 Å². The molecule has 1 N–H and O–H groups in total. The smallest absolute Gasteiger partial charge is 0.408 e. The summed E-state index contributed by atoms with van der Waals surface area (Å²) in [5.41, 5.74) is 1.30. The maximum Gasteiger partial charge on any atom is 0.408 e. The van der Waals surface area contributed by atoms with E-state index in [0.717, 1.165) is 5.56 Å². The van der Waals surface area contributed by atoms with Crippen molar-refractivity contribution in [3.05, 3.63) is 71.8 Å². The first-order valence-corrected chi connectivity index (χ1v) is 8.69. The van der Waals surface area contributed by atoms with Crippen LogP contribution in [0.25, 0.3) is 0 Å². The lowest BCUT2D eigenvalue weighted by Gasteiger charge is -2.20. The van der Waals surface area contributed by atoms with Gasteiger partial charge in [-0.1, -0.05) is 74.5 Å². The van der Waals surface area contributed by atoms with E-state index in [2.05, 4.69) is 5.32 Å². The van der Waals surface area contributed by atoms with E-state index < -0.39 is 18.1 Å². The summed E-state index contributed by atoms with van der Waals surface area (Å²) in [4.78, 5) is 36.3. The number of carbonyl (C=O) groups is 3. The van der Waals surface area contributed by atoms with Crippen molar-refractivity contribution in [2.24, 2.45) is 5.92 Å². The van der Waals surface area contributed by atoms with E-state index >= 15 is 0 Å². The van der Waals surface area contributed by atoms with Gasteiger partial charge in [-0.3, -0.25) is 4.79 Å². The molecule has 0 aliphatic carbocycles. The molecule has 142 valence electrons. The Kier molecular flexibility index (Phi) is 7.55. The van der Waals surface area contributed by atoms with E-state index in [4.69, 9.17) is 9.47 Å². The topological polar surface area (TPSA) is 81.7 Å². The normalized spacial score (nSPS) is 11.5. The summed E-state index contributed by atoms with van der Waals surface area (Å²) in [6.07, 6.45) is -0.719. The van der Waals surface area contributed by atoms with Gasteiger partial charge in [0.25, 0.3) is 0 Å². The second kappa shape index (κ2) is 10.1. The Morgan fingerprint density at radius 3 is 2.07 bits per heavy atom. The van der Waals surface area contributed by atoms with Crippen LogP contribution in [0.4, 0.5) is 4.79 Å². The van der Waals surface area contributed by atoms with Gasteiger partial charge in [0.2, 0.25) is 0 Å². The summed E-state index contributed by atoms with van der Waals surface area (Å²) in [6, 6.07) is 16.9. The minimum absolute atomic E-state index is 0.0963. The zero-order valence-corrected chi connectivity index (χ0v) is 15.4. The van der Waals surface area contributed by atoms with Crippen molar-refractivity contribution in [2.75, 3.05) is 6.61 Å². The summed E-state index contributed by atoms with van der Waals surface area (Å²) >= 11 is 0. The number of ketones is 1. The second-order valence-electron chi connectivity index (χ2n) is 6.32. The monoisotopic (exact) mass is 369 g/mol. The van der Waals surface area contributed by atoms with Crippen LogP contribution in [0.3, 0.4) is 0 Å². The molecule has 0 aliphatic heterocycles. The highest BCUT2D eigenvalue weighted by molar-refractivity contribution is 5.98. The molecular formula is C21H23NO5. The van der Waals surface area contributed by atoms with E-state index in [1.165, 1.54) is 0 Å². The van der Waals surface area contributed by atoms with Gasteiger partial charge in [0.15, 0.2) is 12.4 Å². The number of esters is 1. The number of carbonyl (C=O) groups excluding carboxylic acids is 3. The minimum Gasteiger partial charge on any atom is -0.456 e. The number of alkyl carbamates (subject to hydrolysis) is 1. The highest BCUT2D eigenvalue weighted by Crippen LogP contribution is 2.07. The van der Waals surface area contributed by atoms with Gasteiger partial charge in [-0.15, -0.1) is 0 Å². The highest BCUT2D eigenvalue weighted by Gasteiger charge is 2.27. The lowest BCUT2D eigenvalue weighted by atomic mass is 10.1. The Bertz CT molecular complexity index is 759. The first-order valence-electron chi connectivity index (χ1n) is 8.69. The van der Waals surface area contributed by atoms with Gasteiger partial charge in [-0.05, 0) is 11.5 Å². The Morgan fingerprint density at radius 1 is 0.889 bits per heavy atom. The Labute approximate surface area is 158 Å². The third kappa shape index (κ3) is 6.58. The van der Waals surface area contributed by atoms with E-state index in [1.54, 1.807) is 44.2 Å². The van der Waals surface area contributed by atoms with Crippen LogP contribution >= 0.6 is 0 Å². The predicted octanol–water partition coefficient (Wildman–Crippen LogP) is 3.36. The van der Waals surface area contributed by atoms with Crippen LogP contribution in [0, 0.1) is 5.92 Å². The van der Waals surface area contributed by atoms with E-state index in [1.807, 2.05) is 30.3 Å². The predicted molar refractivity (Wildman–Crippen MR) is 100 cm³/mol. The number of amides is 1. The van der Waals surface area contributed by atoms with Gasteiger partial charge in [0.1, 0.15) is 12.6 Å². The fraction of sp³-hybridized carbons (Fsp3) is 0.286. The molecule has 1 atom stereocenters. The SMILES string of the molecule is CC(C)[C@@H](NC(=O)OCc1ccccc1)C(=O)OCC(=O)c1ccccc1. The number of ether oxygens (including phenoxy) is 2. The fourth-order valence-corrected chi connectivity index (χ4v) is 2.32. The molecule has 0 radical (unpaired) electrons. The summed E-state index contributed by atoms with van der Waals surface area (Å²) in [5, 5.41) is 2.50. The van der Waals surface area contributed by atoms with E-state index in [-0.39, 0.29) is 24.9 Å². The maximum absolute atomic E-state index is 12.3. The largest absolute Gasteiger partial charge is 0.456 e. The Balaban J connectivity index is 1.85. The third-order valence-electron chi connectivity index (χ3n) is 3.85. The number of benzene rings is 2. The zero-order chi connectivity index (χ0) is 19.6. The molecule has 0 bridgehead atoms. The lowest BCUT2D eigenvalue weighted by Crippen LogP contribution is -2.45. The van der Waals surface area contributed by atoms with Gasteiger partial charge < -0.3 is 14.8 Å². The Hall–Kier alpha value is -3.15. The van der Waals surface area contributed by atoms with Crippen molar-refractivity contribution in [1.29, 1.82) is 0 Å². The van der Waals surface area contributed by atoms with Crippen molar-refractivity contribution >= 4 is 17.8 Å². The first-order chi connectivity index (χ1) is 13.0. The number of rotatable bonds is 8. The van der Waals surface area contributed by atoms with E-state index in [0.29, 0.717) is 5.56 Å². The van der Waals surface area contributed by atoms with Crippen molar-refractivity contribution in [2.45, 2.75) is 26.5 Å². The van der Waals surface area contributed by atoms with Crippen molar-refractivity contribution in [3.8, 4) is 0 Å². The van der Waals surface area contributed by atoms with Gasteiger partial charge in [-0.2, -0.15) is 0 Å². The standard InChI is InChI=1S/C21H23NO5/c1-15(2)19(22-21(25)27-13-16-9-5-3-6-10-16)20(24)26-14-18(23)17-11-7-4-8-12-17/h3-12,15,19H,13-14H2,1-2H3,(H,22,25)/t19-/m1/s1. The molecule has 0 saturated carbocycles. The molecule has 0 fully saturated rings. The van der Waals surface area contributed by atoms with Crippen LogP contribution in [-0.4, -0.2) is 30.5 Å². The maximum atomic E-state index is 12.3. The number of hydrogen-bond donors (Lipinski definition) is 1. The van der Waals surface area contributed by atoms with Crippen LogP contribution in [0.1, 0.15) is 29.8 Å². The molecule has 0 unspecified atom stereocenters. The van der Waals surface area contributed by atoms with Gasteiger partial charge in [0.05, 0.1) is 0 Å². The first kappa shape index (κ1) is 20.2.